The highest BCUT2D eigenvalue weighted by atomic mass is 32.1. The van der Waals surface area contributed by atoms with Crippen LogP contribution in [0, 0.1) is 25.5 Å². The molecule has 1 aromatic heterocycles. The number of carbonyl (C=O) groups excluding carboxylic acids is 1. The lowest BCUT2D eigenvalue weighted by molar-refractivity contribution is -0.147. The number of halogens is 2. The van der Waals surface area contributed by atoms with Crippen LogP contribution in [0.15, 0.2) is 36.4 Å². The van der Waals surface area contributed by atoms with Gasteiger partial charge in [-0.3, -0.25) is 4.79 Å². The van der Waals surface area contributed by atoms with Crippen LogP contribution in [0.4, 0.5) is 8.78 Å². The predicted molar refractivity (Wildman–Crippen MR) is 104 cm³/mol. The lowest BCUT2D eigenvalue weighted by Crippen LogP contribution is -2.39. The molecule has 4 rings (SSSR count). The van der Waals surface area contributed by atoms with Crippen molar-refractivity contribution in [2.24, 2.45) is 0 Å². The molecule has 3 nitrogen and oxygen atoms in total. The molecule has 2 aromatic carbocycles. The Morgan fingerprint density at radius 2 is 1.96 bits per heavy atom. The molecule has 0 fully saturated rings. The second kappa shape index (κ2) is 6.78. The van der Waals surface area contributed by atoms with Crippen LogP contribution in [0.3, 0.4) is 0 Å². The molecule has 144 valence electrons. The number of thiazole rings is 1. The maximum atomic E-state index is 14.2. The summed E-state index contributed by atoms with van der Waals surface area (Å²) in [5.74, 6) is -1.01. The molecule has 0 radical (unpaired) electrons. The highest BCUT2D eigenvalue weighted by molar-refractivity contribution is 7.15. The maximum absolute atomic E-state index is 14.2. The van der Waals surface area contributed by atoms with Crippen molar-refractivity contribution in [1.82, 2.24) is 4.98 Å². The molecule has 1 atom stereocenters. The van der Waals surface area contributed by atoms with E-state index in [4.69, 9.17) is 9.72 Å². The van der Waals surface area contributed by atoms with Crippen LogP contribution >= 0.6 is 11.3 Å². The smallest absolute Gasteiger partial charge is 0.317 e. The number of benzene rings is 2. The van der Waals surface area contributed by atoms with Crippen molar-refractivity contribution >= 4 is 17.3 Å². The molecule has 0 N–H and O–H groups in total. The second-order valence-corrected chi connectivity index (χ2v) is 8.27. The van der Waals surface area contributed by atoms with Crippen LogP contribution in [0.5, 0.6) is 0 Å². The first-order chi connectivity index (χ1) is 13.4. The maximum Gasteiger partial charge on any atom is 0.317 e. The molecular formula is C22H19F2NO2S. The minimum absolute atomic E-state index is 0.281. The Kier molecular flexibility index (Phi) is 4.54. The topological polar surface area (TPSA) is 39.2 Å². The first-order valence-electron chi connectivity index (χ1n) is 8.95. The largest absolute Gasteiger partial charge is 0.468 e. The summed E-state index contributed by atoms with van der Waals surface area (Å²) in [5, 5.41) is 0.803. The standard InChI is InChI=1S/C22H19F2NO2S/c1-12-9-14(23)7-8-15(12)20-25-18-10-22(21(26)27-3,11-19(18)28-20)16-5-4-6-17(24)13(16)2/h4-9H,10-11H2,1-3H3. The summed E-state index contributed by atoms with van der Waals surface area (Å²) in [6, 6.07) is 9.43. The first kappa shape index (κ1) is 18.7. The van der Waals surface area contributed by atoms with E-state index in [1.807, 2.05) is 6.92 Å². The Morgan fingerprint density at radius 1 is 1.18 bits per heavy atom. The number of ether oxygens (including phenoxy) is 1. The van der Waals surface area contributed by atoms with Gasteiger partial charge in [0.05, 0.1) is 12.8 Å². The van der Waals surface area contributed by atoms with E-state index in [9.17, 15) is 13.6 Å². The van der Waals surface area contributed by atoms with Crippen LogP contribution in [0.25, 0.3) is 10.6 Å². The second-order valence-electron chi connectivity index (χ2n) is 7.19. The number of rotatable bonds is 3. The lowest BCUT2D eigenvalue weighted by Gasteiger charge is -2.28. The third-order valence-electron chi connectivity index (χ3n) is 5.49. The molecule has 1 aliphatic carbocycles. The zero-order valence-electron chi connectivity index (χ0n) is 15.8. The van der Waals surface area contributed by atoms with Crippen molar-refractivity contribution in [3.63, 3.8) is 0 Å². The number of aryl methyl sites for hydroxylation is 1. The van der Waals surface area contributed by atoms with E-state index in [2.05, 4.69) is 0 Å². The molecule has 0 bridgehead atoms. The molecule has 0 saturated heterocycles. The molecular weight excluding hydrogens is 380 g/mol. The number of hydrogen-bond donors (Lipinski definition) is 0. The van der Waals surface area contributed by atoms with Gasteiger partial charge in [0.2, 0.25) is 0 Å². The van der Waals surface area contributed by atoms with Gasteiger partial charge in [-0.15, -0.1) is 11.3 Å². The highest BCUT2D eigenvalue weighted by Gasteiger charge is 2.49. The molecule has 1 heterocycles. The average Bonchev–Trinajstić information content (AvgIpc) is 3.20. The van der Waals surface area contributed by atoms with Crippen LogP contribution in [-0.2, 0) is 27.8 Å². The van der Waals surface area contributed by atoms with Gasteiger partial charge in [-0.25, -0.2) is 13.8 Å². The Hall–Kier alpha value is -2.60. The van der Waals surface area contributed by atoms with E-state index in [0.717, 1.165) is 26.7 Å². The van der Waals surface area contributed by atoms with Gasteiger partial charge in [0.1, 0.15) is 22.1 Å². The number of esters is 1. The monoisotopic (exact) mass is 399 g/mol. The highest BCUT2D eigenvalue weighted by Crippen LogP contribution is 2.46. The Balaban J connectivity index is 1.77. The number of nitrogens with zero attached hydrogens (tertiary/aromatic N) is 1. The van der Waals surface area contributed by atoms with Gasteiger partial charge in [0.15, 0.2) is 0 Å². The fourth-order valence-corrected chi connectivity index (χ4v) is 5.31. The van der Waals surface area contributed by atoms with Gasteiger partial charge in [-0.2, -0.15) is 0 Å². The van der Waals surface area contributed by atoms with E-state index >= 15 is 0 Å². The van der Waals surface area contributed by atoms with Crippen LogP contribution in [0.2, 0.25) is 0 Å². The van der Waals surface area contributed by atoms with Crippen LogP contribution < -0.4 is 0 Å². The van der Waals surface area contributed by atoms with Crippen molar-refractivity contribution in [3.05, 3.63) is 75.3 Å². The molecule has 1 aliphatic rings. The number of methoxy groups -OCH3 is 1. The zero-order chi connectivity index (χ0) is 20.1. The van der Waals surface area contributed by atoms with Crippen LogP contribution in [0.1, 0.15) is 27.3 Å². The number of fused-ring (bicyclic) bond motifs is 1. The average molecular weight is 399 g/mol. The van der Waals surface area contributed by atoms with E-state index in [1.165, 1.54) is 36.6 Å². The van der Waals surface area contributed by atoms with E-state index < -0.39 is 5.41 Å². The Morgan fingerprint density at radius 3 is 2.64 bits per heavy atom. The SMILES string of the molecule is COC(=O)C1(c2cccc(F)c2C)Cc2nc(-c3ccc(F)cc3C)sc2C1. The number of hydrogen-bond acceptors (Lipinski definition) is 4. The summed E-state index contributed by atoms with van der Waals surface area (Å²) in [7, 11) is 1.35. The van der Waals surface area contributed by atoms with Gasteiger partial charge in [-0.05, 0) is 54.8 Å². The minimum atomic E-state index is -0.967. The third kappa shape index (κ3) is 2.83. The Bertz CT molecular complexity index is 1070. The fourth-order valence-electron chi connectivity index (χ4n) is 4.03. The van der Waals surface area contributed by atoms with E-state index in [1.54, 1.807) is 25.1 Å². The van der Waals surface area contributed by atoms with E-state index in [-0.39, 0.29) is 17.6 Å². The lowest BCUT2D eigenvalue weighted by atomic mass is 9.76. The molecule has 0 aliphatic heterocycles. The summed E-state index contributed by atoms with van der Waals surface area (Å²) < 4.78 is 32.7. The summed E-state index contributed by atoms with van der Waals surface area (Å²) >= 11 is 1.49. The van der Waals surface area contributed by atoms with Crippen molar-refractivity contribution < 1.29 is 18.3 Å². The van der Waals surface area contributed by atoms with Gasteiger partial charge < -0.3 is 4.74 Å². The van der Waals surface area contributed by atoms with Crippen molar-refractivity contribution in [2.45, 2.75) is 32.1 Å². The van der Waals surface area contributed by atoms with Crippen molar-refractivity contribution in [1.29, 1.82) is 0 Å². The number of aromatic nitrogens is 1. The molecule has 0 saturated carbocycles. The number of carbonyl (C=O) groups is 1. The summed E-state index contributed by atoms with van der Waals surface area (Å²) in [6.07, 6.45) is 0.771. The normalized spacial score (nSPS) is 18.2. The Labute approximate surface area is 166 Å². The zero-order valence-corrected chi connectivity index (χ0v) is 16.6. The third-order valence-corrected chi connectivity index (χ3v) is 6.62. The molecule has 0 amide bonds. The quantitative estimate of drug-likeness (QED) is 0.587. The molecule has 1 unspecified atom stereocenters. The molecule has 3 aromatic rings. The molecule has 28 heavy (non-hydrogen) atoms. The minimum Gasteiger partial charge on any atom is -0.468 e. The van der Waals surface area contributed by atoms with Crippen molar-refractivity contribution in [3.8, 4) is 10.6 Å². The molecule has 0 spiro atoms. The van der Waals surface area contributed by atoms with E-state index in [0.29, 0.717) is 24.0 Å². The first-order valence-corrected chi connectivity index (χ1v) is 9.76. The predicted octanol–water partition coefficient (Wildman–Crippen LogP) is 4.91. The van der Waals surface area contributed by atoms with Crippen LogP contribution in [-0.4, -0.2) is 18.1 Å². The fraction of sp³-hybridized carbons (Fsp3) is 0.273. The summed E-state index contributed by atoms with van der Waals surface area (Å²) in [4.78, 5) is 18.5. The summed E-state index contributed by atoms with van der Waals surface area (Å²) in [5.41, 5.74) is 2.64. The summed E-state index contributed by atoms with van der Waals surface area (Å²) in [6.45, 7) is 3.53. The van der Waals surface area contributed by atoms with Gasteiger partial charge in [0.25, 0.3) is 0 Å². The molecule has 6 heteroatoms. The van der Waals surface area contributed by atoms with Crippen molar-refractivity contribution in [2.75, 3.05) is 7.11 Å². The van der Waals surface area contributed by atoms with Gasteiger partial charge >= 0.3 is 5.97 Å². The van der Waals surface area contributed by atoms with Gasteiger partial charge in [0, 0.05) is 23.3 Å². The van der Waals surface area contributed by atoms with Gasteiger partial charge in [-0.1, -0.05) is 12.1 Å².